The maximum absolute atomic E-state index is 12.2. The first-order valence-corrected chi connectivity index (χ1v) is 7.18. The lowest BCUT2D eigenvalue weighted by Crippen LogP contribution is -2.26. The summed E-state index contributed by atoms with van der Waals surface area (Å²) in [4.78, 5) is 12.2. The molecule has 0 N–H and O–H groups in total. The highest BCUT2D eigenvalue weighted by Crippen LogP contribution is 2.40. The van der Waals surface area contributed by atoms with E-state index in [0.717, 1.165) is 10.9 Å². The van der Waals surface area contributed by atoms with Gasteiger partial charge in [-0.15, -0.1) is 0 Å². The molecule has 2 aliphatic rings. The largest absolute Gasteiger partial charge is 0.348 e. The number of aromatic nitrogens is 1. The second kappa shape index (κ2) is 4.72. The van der Waals surface area contributed by atoms with Crippen LogP contribution in [0.5, 0.6) is 0 Å². The van der Waals surface area contributed by atoms with E-state index in [1.165, 1.54) is 18.4 Å². The number of pyridine rings is 1. The number of nitrogens with zero attached hydrogens (tertiary/aromatic N) is 1. The Morgan fingerprint density at radius 2 is 1.85 bits per heavy atom. The van der Waals surface area contributed by atoms with Crippen LogP contribution in [0.25, 0.3) is 10.9 Å². The molecule has 1 aliphatic carbocycles. The van der Waals surface area contributed by atoms with Gasteiger partial charge in [0.15, 0.2) is 6.29 Å². The molecule has 2 heterocycles. The highest BCUT2D eigenvalue weighted by Gasteiger charge is 2.24. The smallest absolute Gasteiger partial charge is 0.251 e. The Morgan fingerprint density at radius 3 is 2.60 bits per heavy atom. The molecule has 0 unspecified atom stereocenters. The van der Waals surface area contributed by atoms with Gasteiger partial charge in [-0.3, -0.25) is 4.79 Å². The molecule has 1 aliphatic heterocycles. The van der Waals surface area contributed by atoms with E-state index in [4.69, 9.17) is 9.47 Å². The molecule has 2 fully saturated rings. The van der Waals surface area contributed by atoms with E-state index in [0.29, 0.717) is 25.7 Å². The zero-order valence-corrected chi connectivity index (χ0v) is 11.2. The van der Waals surface area contributed by atoms with Gasteiger partial charge in [-0.2, -0.15) is 0 Å². The molecule has 1 saturated carbocycles. The van der Waals surface area contributed by atoms with E-state index in [-0.39, 0.29) is 11.8 Å². The highest BCUT2D eigenvalue weighted by molar-refractivity contribution is 5.80. The van der Waals surface area contributed by atoms with Crippen LogP contribution in [0.1, 0.15) is 24.3 Å². The van der Waals surface area contributed by atoms with Gasteiger partial charge in [0, 0.05) is 6.07 Å². The molecule has 0 amide bonds. The molecule has 0 spiro atoms. The maximum Gasteiger partial charge on any atom is 0.251 e. The fourth-order valence-corrected chi connectivity index (χ4v) is 2.83. The van der Waals surface area contributed by atoms with Gasteiger partial charge < -0.3 is 14.0 Å². The van der Waals surface area contributed by atoms with Crippen molar-refractivity contribution in [2.24, 2.45) is 0 Å². The number of fused-ring (bicyclic) bond motifs is 1. The summed E-state index contributed by atoms with van der Waals surface area (Å²) in [5, 5.41) is 1.09. The summed E-state index contributed by atoms with van der Waals surface area (Å²) in [6.07, 6.45) is 2.22. The molecule has 4 rings (SSSR count). The molecular formula is C16H17NO3. The van der Waals surface area contributed by atoms with Crippen molar-refractivity contribution in [1.82, 2.24) is 4.57 Å². The van der Waals surface area contributed by atoms with Crippen molar-refractivity contribution in [3.05, 3.63) is 46.2 Å². The van der Waals surface area contributed by atoms with Crippen molar-refractivity contribution in [3.8, 4) is 0 Å². The summed E-state index contributed by atoms with van der Waals surface area (Å²) < 4.78 is 12.7. The maximum atomic E-state index is 12.2. The van der Waals surface area contributed by atoms with Gasteiger partial charge in [-0.25, -0.2) is 0 Å². The van der Waals surface area contributed by atoms with Gasteiger partial charge in [-0.05, 0) is 41.8 Å². The minimum Gasteiger partial charge on any atom is -0.348 e. The summed E-state index contributed by atoms with van der Waals surface area (Å²) in [6, 6.07) is 9.95. The van der Waals surface area contributed by atoms with Crippen LogP contribution < -0.4 is 5.56 Å². The Labute approximate surface area is 116 Å². The van der Waals surface area contributed by atoms with Crippen LogP contribution in [-0.2, 0) is 16.0 Å². The zero-order valence-electron chi connectivity index (χ0n) is 11.2. The van der Waals surface area contributed by atoms with Crippen molar-refractivity contribution in [2.45, 2.75) is 31.6 Å². The summed E-state index contributed by atoms with van der Waals surface area (Å²) in [5.74, 6) is 0.683. The Bertz CT molecular complexity index is 696. The van der Waals surface area contributed by atoms with E-state index in [2.05, 4.69) is 18.2 Å². The molecule has 1 aromatic heterocycles. The van der Waals surface area contributed by atoms with Gasteiger partial charge >= 0.3 is 0 Å². The highest BCUT2D eigenvalue weighted by atomic mass is 16.7. The fraction of sp³-hybridized carbons (Fsp3) is 0.438. The summed E-state index contributed by atoms with van der Waals surface area (Å²) in [5.41, 5.74) is 2.33. The number of benzene rings is 1. The van der Waals surface area contributed by atoms with Gasteiger partial charge in [0.05, 0.1) is 25.3 Å². The van der Waals surface area contributed by atoms with Crippen molar-refractivity contribution in [3.63, 3.8) is 0 Å². The first-order valence-electron chi connectivity index (χ1n) is 7.18. The topological polar surface area (TPSA) is 40.5 Å². The SMILES string of the molecule is O=c1ccc2ccc(C3CC3)cc2n1CC1OCCO1. The van der Waals surface area contributed by atoms with Crippen molar-refractivity contribution in [1.29, 1.82) is 0 Å². The minimum absolute atomic E-state index is 0.00421. The summed E-state index contributed by atoms with van der Waals surface area (Å²) in [6.45, 7) is 1.68. The average Bonchev–Trinajstić information content (AvgIpc) is 3.19. The molecular weight excluding hydrogens is 254 g/mol. The predicted octanol–water partition coefficient (Wildman–Crippen LogP) is 2.25. The van der Waals surface area contributed by atoms with E-state index in [1.807, 2.05) is 6.07 Å². The quantitative estimate of drug-likeness (QED) is 0.859. The number of ether oxygens (including phenoxy) is 2. The lowest BCUT2D eigenvalue weighted by atomic mass is 10.1. The fourth-order valence-electron chi connectivity index (χ4n) is 2.83. The molecule has 0 atom stereocenters. The summed E-state index contributed by atoms with van der Waals surface area (Å²) in [7, 11) is 0. The number of rotatable bonds is 3. The number of hydrogen-bond acceptors (Lipinski definition) is 3. The third-order valence-electron chi connectivity index (χ3n) is 4.09. The minimum atomic E-state index is -0.303. The van der Waals surface area contributed by atoms with Crippen molar-refractivity contribution < 1.29 is 9.47 Å². The standard InChI is InChI=1S/C16H17NO3/c18-15-6-5-12-3-4-13(11-1-2-11)9-14(12)17(15)10-16-19-7-8-20-16/h3-6,9,11,16H,1-2,7-8,10H2. The third-order valence-corrected chi connectivity index (χ3v) is 4.09. The number of hydrogen-bond donors (Lipinski definition) is 0. The van der Waals surface area contributed by atoms with E-state index < -0.39 is 0 Å². The Morgan fingerprint density at radius 1 is 1.10 bits per heavy atom. The van der Waals surface area contributed by atoms with Crippen LogP contribution in [0, 0.1) is 0 Å². The molecule has 0 bridgehead atoms. The normalized spacial score (nSPS) is 19.8. The van der Waals surface area contributed by atoms with Crippen molar-refractivity contribution in [2.75, 3.05) is 13.2 Å². The van der Waals surface area contributed by atoms with Crippen LogP contribution >= 0.6 is 0 Å². The lowest BCUT2D eigenvalue weighted by Gasteiger charge is -2.14. The molecule has 20 heavy (non-hydrogen) atoms. The van der Waals surface area contributed by atoms with Gasteiger partial charge in [0.2, 0.25) is 0 Å². The third kappa shape index (κ3) is 2.15. The van der Waals surface area contributed by atoms with E-state index in [1.54, 1.807) is 10.6 Å². The molecule has 104 valence electrons. The molecule has 0 radical (unpaired) electrons. The molecule has 4 heteroatoms. The zero-order chi connectivity index (χ0) is 13.5. The Hall–Kier alpha value is -1.65. The molecule has 2 aromatic rings. The first-order chi connectivity index (χ1) is 9.81. The van der Waals surface area contributed by atoms with Crippen LogP contribution in [0.4, 0.5) is 0 Å². The van der Waals surface area contributed by atoms with Gasteiger partial charge in [0.1, 0.15) is 0 Å². The second-order valence-corrected chi connectivity index (χ2v) is 5.55. The van der Waals surface area contributed by atoms with E-state index in [9.17, 15) is 4.79 Å². The van der Waals surface area contributed by atoms with E-state index >= 15 is 0 Å². The molecule has 4 nitrogen and oxygen atoms in total. The first kappa shape index (κ1) is 12.1. The second-order valence-electron chi connectivity index (χ2n) is 5.55. The van der Waals surface area contributed by atoms with Crippen LogP contribution in [0.3, 0.4) is 0 Å². The summed E-state index contributed by atoms with van der Waals surface area (Å²) >= 11 is 0. The van der Waals surface area contributed by atoms with Crippen LogP contribution in [0.2, 0.25) is 0 Å². The molecule has 1 aromatic carbocycles. The molecule has 1 saturated heterocycles. The van der Waals surface area contributed by atoms with Crippen LogP contribution in [-0.4, -0.2) is 24.1 Å². The van der Waals surface area contributed by atoms with Crippen molar-refractivity contribution >= 4 is 10.9 Å². The van der Waals surface area contributed by atoms with Gasteiger partial charge in [0.25, 0.3) is 5.56 Å². The van der Waals surface area contributed by atoms with Crippen LogP contribution in [0.15, 0.2) is 35.1 Å². The van der Waals surface area contributed by atoms with Gasteiger partial charge in [-0.1, -0.05) is 12.1 Å². The predicted molar refractivity (Wildman–Crippen MR) is 75.9 cm³/mol. The Balaban J connectivity index is 1.80. The Kier molecular flexibility index (Phi) is 2.86. The monoisotopic (exact) mass is 271 g/mol. The average molecular weight is 271 g/mol. The lowest BCUT2D eigenvalue weighted by molar-refractivity contribution is -0.0522.